The number of aliphatic imine (C=N–C) groups is 1. The fourth-order valence-corrected chi connectivity index (χ4v) is 3.53. The molecule has 0 radical (unpaired) electrons. The molecule has 0 fully saturated rings. The zero-order chi connectivity index (χ0) is 16.6. The lowest BCUT2D eigenvalue weighted by Gasteiger charge is -2.43. The van der Waals surface area contributed by atoms with Gasteiger partial charge < -0.3 is 4.90 Å². The first-order chi connectivity index (χ1) is 10.9. The number of aryl methyl sites for hydroxylation is 1. The minimum Gasteiger partial charge on any atom is -0.346 e. The van der Waals surface area contributed by atoms with Crippen LogP contribution in [-0.4, -0.2) is 12.8 Å². The smallest absolute Gasteiger partial charge is 0.155 e. The van der Waals surface area contributed by atoms with Crippen molar-refractivity contribution < 1.29 is 0 Å². The van der Waals surface area contributed by atoms with Gasteiger partial charge in [-0.3, -0.25) is 4.99 Å². The third kappa shape index (κ3) is 2.67. The Labute approximate surface area is 139 Å². The lowest BCUT2D eigenvalue weighted by atomic mass is 9.89. The Morgan fingerprint density at radius 3 is 2.39 bits per heavy atom. The Hall–Kier alpha value is -2.09. The zero-order valence-corrected chi connectivity index (χ0v) is 14.8. The van der Waals surface area contributed by atoms with Gasteiger partial charge in [0, 0.05) is 29.6 Å². The molecule has 0 saturated carbocycles. The van der Waals surface area contributed by atoms with E-state index in [0.29, 0.717) is 5.92 Å². The lowest BCUT2D eigenvalue weighted by Crippen LogP contribution is -2.44. The van der Waals surface area contributed by atoms with E-state index in [2.05, 4.69) is 88.2 Å². The van der Waals surface area contributed by atoms with Crippen LogP contribution in [0.5, 0.6) is 0 Å². The Morgan fingerprint density at radius 2 is 1.70 bits per heavy atom. The summed E-state index contributed by atoms with van der Waals surface area (Å²) in [7, 11) is 2.15. The maximum absolute atomic E-state index is 5.25. The predicted molar refractivity (Wildman–Crippen MR) is 99.4 cm³/mol. The molecule has 1 heterocycles. The molecule has 2 aromatic carbocycles. The molecule has 0 N–H and O–H groups in total. The number of hydrogen-bond acceptors (Lipinski definition) is 2. The second-order valence-electron chi connectivity index (χ2n) is 7.07. The number of nitrogens with zero attached hydrogens (tertiary/aromatic N) is 2. The summed E-state index contributed by atoms with van der Waals surface area (Å²) in [5, 5.41) is 0. The van der Waals surface area contributed by atoms with E-state index in [1.165, 1.54) is 28.1 Å². The molecule has 1 unspecified atom stereocenters. The van der Waals surface area contributed by atoms with Crippen LogP contribution in [0.1, 0.15) is 43.9 Å². The number of fused-ring (bicyclic) bond motifs is 1. The van der Waals surface area contributed by atoms with Crippen LogP contribution >= 0.6 is 0 Å². The Bertz CT molecular complexity index is 745. The van der Waals surface area contributed by atoms with Gasteiger partial charge in [0.15, 0.2) is 5.66 Å². The van der Waals surface area contributed by atoms with Crippen LogP contribution in [0.2, 0.25) is 0 Å². The molecule has 0 spiro atoms. The molecule has 2 nitrogen and oxygen atoms in total. The molecule has 0 amide bonds. The number of para-hydroxylation sites is 1. The van der Waals surface area contributed by atoms with Crippen molar-refractivity contribution in [3.8, 4) is 0 Å². The van der Waals surface area contributed by atoms with Crippen LogP contribution in [0.3, 0.4) is 0 Å². The molecule has 1 aliphatic rings. The summed E-state index contributed by atoms with van der Waals surface area (Å²) in [6, 6.07) is 17.2. The first kappa shape index (κ1) is 15.8. The van der Waals surface area contributed by atoms with Gasteiger partial charge in [0.25, 0.3) is 0 Å². The Morgan fingerprint density at radius 1 is 1.04 bits per heavy atom. The van der Waals surface area contributed by atoms with Crippen molar-refractivity contribution in [2.24, 2.45) is 10.9 Å². The average molecular weight is 306 g/mol. The van der Waals surface area contributed by atoms with Gasteiger partial charge in [-0.2, -0.15) is 0 Å². The number of benzene rings is 2. The van der Waals surface area contributed by atoms with Gasteiger partial charge in [0.1, 0.15) is 0 Å². The lowest BCUT2D eigenvalue weighted by molar-refractivity contribution is 0.476. The second kappa shape index (κ2) is 5.84. The first-order valence-electron chi connectivity index (χ1n) is 8.41. The summed E-state index contributed by atoms with van der Waals surface area (Å²) >= 11 is 0. The van der Waals surface area contributed by atoms with E-state index < -0.39 is 0 Å². The van der Waals surface area contributed by atoms with E-state index in [1.54, 1.807) is 0 Å². The molecule has 120 valence electrons. The van der Waals surface area contributed by atoms with Crippen molar-refractivity contribution in [2.75, 3.05) is 11.9 Å². The van der Waals surface area contributed by atoms with Crippen molar-refractivity contribution in [3.05, 3.63) is 65.2 Å². The van der Waals surface area contributed by atoms with E-state index in [9.17, 15) is 0 Å². The first-order valence-corrected chi connectivity index (χ1v) is 8.41. The number of hydrogen-bond donors (Lipinski definition) is 0. The molecule has 0 bridgehead atoms. The maximum atomic E-state index is 5.25. The zero-order valence-electron chi connectivity index (χ0n) is 14.8. The van der Waals surface area contributed by atoms with Crippen molar-refractivity contribution in [1.82, 2.24) is 0 Å². The minimum absolute atomic E-state index is 0.357. The summed E-state index contributed by atoms with van der Waals surface area (Å²) in [5.74, 6) is 0.589. The summed E-state index contributed by atoms with van der Waals surface area (Å²) in [6.45, 7) is 8.92. The minimum atomic E-state index is -0.357. The SMILES string of the molecule is Cc1ccccc1C1(C)N=C(CC(C)C)c2ccccc2N1C. The standard InChI is InChI=1S/C21H26N2/c1-15(2)14-19-17-11-7-9-13-20(17)23(5)21(4,22-19)18-12-8-6-10-16(18)3/h6-13,15H,14H2,1-5H3. The van der Waals surface area contributed by atoms with E-state index in [1.807, 2.05) is 0 Å². The monoisotopic (exact) mass is 306 g/mol. The van der Waals surface area contributed by atoms with Crippen molar-refractivity contribution >= 4 is 11.4 Å². The molecule has 0 saturated heterocycles. The molecule has 0 aliphatic carbocycles. The maximum Gasteiger partial charge on any atom is 0.155 e. The fourth-order valence-electron chi connectivity index (χ4n) is 3.53. The molecule has 2 heteroatoms. The molecule has 1 atom stereocenters. The molecule has 1 aliphatic heterocycles. The normalized spacial score (nSPS) is 20.4. The summed E-state index contributed by atoms with van der Waals surface area (Å²) in [5.41, 5.74) is 5.97. The van der Waals surface area contributed by atoms with Gasteiger partial charge in [-0.1, -0.05) is 56.3 Å². The molecule has 2 aromatic rings. The van der Waals surface area contributed by atoms with E-state index in [4.69, 9.17) is 4.99 Å². The highest BCUT2D eigenvalue weighted by molar-refractivity contribution is 6.07. The highest BCUT2D eigenvalue weighted by Gasteiger charge is 2.37. The van der Waals surface area contributed by atoms with Gasteiger partial charge >= 0.3 is 0 Å². The highest BCUT2D eigenvalue weighted by atomic mass is 15.3. The predicted octanol–water partition coefficient (Wildman–Crippen LogP) is 5.15. The largest absolute Gasteiger partial charge is 0.346 e. The average Bonchev–Trinajstić information content (AvgIpc) is 2.52. The third-order valence-corrected chi connectivity index (χ3v) is 4.84. The summed E-state index contributed by atoms with van der Waals surface area (Å²) in [4.78, 5) is 7.56. The molecule has 23 heavy (non-hydrogen) atoms. The third-order valence-electron chi connectivity index (χ3n) is 4.84. The van der Waals surface area contributed by atoms with Crippen LogP contribution in [0.4, 0.5) is 5.69 Å². The van der Waals surface area contributed by atoms with Crippen LogP contribution in [0.25, 0.3) is 0 Å². The van der Waals surface area contributed by atoms with Crippen LogP contribution in [0.15, 0.2) is 53.5 Å². The molecule has 0 aromatic heterocycles. The van der Waals surface area contributed by atoms with Crippen LogP contribution in [0, 0.1) is 12.8 Å². The van der Waals surface area contributed by atoms with E-state index in [-0.39, 0.29) is 5.66 Å². The summed E-state index contributed by atoms with van der Waals surface area (Å²) < 4.78 is 0. The Balaban J connectivity index is 2.21. The quantitative estimate of drug-likeness (QED) is 0.765. The van der Waals surface area contributed by atoms with Crippen LogP contribution < -0.4 is 4.90 Å². The van der Waals surface area contributed by atoms with Crippen molar-refractivity contribution in [2.45, 2.75) is 39.8 Å². The molecular formula is C21H26N2. The van der Waals surface area contributed by atoms with Gasteiger partial charge in [-0.25, -0.2) is 0 Å². The summed E-state index contributed by atoms with van der Waals surface area (Å²) in [6.07, 6.45) is 1.01. The van der Waals surface area contributed by atoms with Crippen molar-refractivity contribution in [1.29, 1.82) is 0 Å². The molecular weight excluding hydrogens is 280 g/mol. The number of anilines is 1. The van der Waals surface area contributed by atoms with Gasteiger partial charge in [-0.15, -0.1) is 0 Å². The highest BCUT2D eigenvalue weighted by Crippen LogP contribution is 2.41. The molecule has 3 rings (SSSR count). The van der Waals surface area contributed by atoms with E-state index in [0.717, 1.165) is 6.42 Å². The second-order valence-corrected chi connectivity index (χ2v) is 7.07. The van der Waals surface area contributed by atoms with Gasteiger partial charge in [-0.05, 0) is 37.8 Å². The van der Waals surface area contributed by atoms with Crippen molar-refractivity contribution in [3.63, 3.8) is 0 Å². The topological polar surface area (TPSA) is 15.6 Å². The number of rotatable bonds is 3. The Kier molecular flexibility index (Phi) is 4.01. The van der Waals surface area contributed by atoms with Crippen LogP contribution in [-0.2, 0) is 5.66 Å². The van der Waals surface area contributed by atoms with E-state index >= 15 is 0 Å². The van der Waals surface area contributed by atoms with Gasteiger partial charge in [0.05, 0.1) is 0 Å². The fraction of sp³-hybridized carbons (Fsp3) is 0.381. The van der Waals surface area contributed by atoms with Gasteiger partial charge in [0.2, 0.25) is 0 Å².